The second-order valence-corrected chi connectivity index (χ2v) is 6.28. The first-order valence-electron chi connectivity index (χ1n) is 7.91. The Hall–Kier alpha value is -1.22. The first-order chi connectivity index (χ1) is 9.72. The Morgan fingerprint density at radius 2 is 2.05 bits per heavy atom. The predicted molar refractivity (Wildman–Crippen MR) is 83.3 cm³/mol. The maximum Gasteiger partial charge on any atom is 0.125 e. The van der Waals surface area contributed by atoms with Crippen LogP contribution in [0.5, 0.6) is 5.75 Å². The molecule has 0 spiro atoms. The first-order valence-corrected chi connectivity index (χ1v) is 7.91. The van der Waals surface area contributed by atoms with E-state index in [1.807, 2.05) is 6.07 Å². The summed E-state index contributed by atoms with van der Waals surface area (Å²) < 4.78 is 5.54. The van der Waals surface area contributed by atoms with Gasteiger partial charge in [0, 0.05) is 29.9 Å². The van der Waals surface area contributed by atoms with Crippen molar-refractivity contribution in [3.8, 4) is 5.75 Å². The van der Waals surface area contributed by atoms with Gasteiger partial charge in [-0.3, -0.25) is 0 Å². The van der Waals surface area contributed by atoms with Gasteiger partial charge in [0.1, 0.15) is 5.75 Å². The molecule has 3 nitrogen and oxygen atoms in total. The van der Waals surface area contributed by atoms with Gasteiger partial charge in [-0.25, -0.2) is 0 Å². The zero-order valence-electron chi connectivity index (χ0n) is 12.6. The molecule has 0 amide bonds. The Bertz CT molecular complexity index is 472. The Balaban J connectivity index is 1.97. The second kappa shape index (κ2) is 5.65. The van der Waals surface area contributed by atoms with Crippen molar-refractivity contribution in [3.63, 3.8) is 0 Å². The zero-order valence-corrected chi connectivity index (χ0v) is 12.6. The largest absolute Gasteiger partial charge is 0.496 e. The summed E-state index contributed by atoms with van der Waals surface area (Å²) >= 11 is 0. The highest BCUT2D eigenvalue weighted by molar-refractivity contribution is 5.62. The molecular formula is C17H26N2O. The lowest BCUT2D eigenvalue weighted by atomic mass is 9.85. The van der Waals surface area contributed by atoms with E-state index in [1.165, 1.54) is 49.9 Å². The molecule has 1 aliphatic carbocycles. The van der Waals surface area contributed by atoms with Crippen LogP contribution in [0.3, 0.4) is 0 Å². The quantitative estimate of drug-likeness (QED) is 0.917. The van der Waals surface area contributed by atoms with E-state index in [9.17, 15) is 0 Å². The number of nitrogens with zero attached hydrogens (tertiary/aromatic N) is 1. The van der Waals surface area contributed by atoms with Crippen LogP contribution in [0, 0.1) is 5.92 Å². The number of hydrogen-bond acceptors (Lipinski definition) is 3. The van der Waals surface area contributed by atoms with E-state index in [2.05, 4.69) is 24.0 Å². The van der Waals surface area contributed by atoms with E-state index < -0.39 is 0 Å². The summed E-state index contributed by atoms with van der Waals surface area (Å²) in [5.74, 6) is 1.81. The molecular weight excluding hydrogens is 248 g/mol. The summed E-state index contributed by atoms with van der Waals surface area (Å²) in [4.78, 5) is 2.60. The van der Waals surface area contributed by atoms with Crippen molar-refractivity contribution in [2.24, 2.45) is 11.7 Å². The lowest BCUT2D eigenvalue weighted by Crippen LogP contribution is -2.35. The molecule has 1 aromatic rings. The average molecular weight is 274 g/mol. The summed E-state index contributed by atoms with van der Waals surface area (Å²) in [5, 5.41) is 0. The summed E-state index contributed by atoms with van der Waals surface area (Å²) in [7, 11) is 1.73. The Morgan fingerprint density at radius 3 is 2.80 bits per heavy atom. The van der Waals surface area contributed by atoms with E-state index in [4.69, 9.17) is 10.5 Å². The van der Waals surface area contributed by atoms with Gasteiger partial charge in [-0.05, 0) is 44.2 Å². The molecule has 1 aliphatic heterocycles. The molecule has 20 heavy (non-hydrogen) atoms. The summed E-state index contributed by atoms with van der Waals surface area (Å²) in [6.45, 7) is 3.22. The highest BCUT2D eigenvalue weighted by atomic mass is 16.5. The van der Waals surface area contributed by atoms with Gasteiger partial charge < -0.3 is 15.4 Å². The smallest absolute Gasteiger partial charge is 0.125 e. The lowest BCUT2D eigenvalue weighted by Gasteiger charge is -2.35. The maximum atomic E-state index is 6.22. The molecule has 2 unspecified atom stereocenters. The van der Waals surface area contributed by atoms with Gasteiger partial charge in [-0.2, -0.15) is 0 Å². The van der Waals surface area contributed by atoms with Gasteiger partial charge >= 0.3 is 0 Å². The Morgan fingerprint density at radius 1 is 1.25 bits per heavy atom. The van der Waals surface area contributed by atoms with Gasteiger partial charge in [0.15, 0.2) is 0 Å². The molecule has 0 radical (unpaired) electrons. The van der Waals surface area contributed by atoms with Crippen LogP contribution in [-0.2, 0) is 0 Å². The minimum Gasteiger partial charge on any atom is -0.496 e. The fourth-order valence-corrected chi connectivity index (χ4v) is 4.12. The molecule has 2 N–H and O–H groups in total. The summed E-state index contributed by atoms with van der Waals surface area (Å²) in [6.07, 6.45) is 6.85. The fraction of sp³-hybridized carbons (Fsp3) is 0.647. The number of benzene rings is 1. The topological polar surface area (TPSA) is 38.5 Å². The second-order valence-electron chi connectivity index (χ2n) is 6.28. The van der Waals surface area contributed by atoms with Gasteiger partial charge in [-0.1, -0.05) is 18.9 Å². The number of nitrogens with two attached hydrogens (primary N) is 1. The molecule has 1 heterocycles. The molecule has 1 aromatic carbocycles. The van der Waals surface area contributed by atoms with Gasteiger partial charge in [0.25, 0.3) is 0 Å². The number of rotatable bonds is 3. The van der Waals surface area contributed by atoms with Gasteiger partial charge in [0.2, 0.25) is 0 Å². The molecule has 3 heteroatoms. The van der Waals surface area contributed by atoms with Crippen LogP contribution in [0.25, 0.3) is 0 Å². The predicted octanol–water partition coefficient (Wildman–Crippen LogP) is 3.48. The van der Waals surface area contributed by atoms with Crippen LogP contribution in [0.15, 0.2) is 18.2 Å². The van der Waals surface area contributed by atoms with Crippen LogP contribution in [0.1, 0.15) is 50.6 Å². The number of fused-ring (bicyclic) bond motifs is 1. The van der Waals surface area contributed by atoms with Crippen LogP contribution < -0.4 is 15.4 Å². The molecule has 0 bridgehead atoms. The summed E-state index contributed by atoms with van der Waals surface area (Å²) in [6, 6.07) is 7.06. The third kappa shape index (κ3) is 2.28. The Labute approximate surface area is 122 Å². The third-order valence-corrected chi connectivity index (χ3v) is 5.04. The van der Waals surface area contributed by atoms with Crippen molar-refractivity contribution in [1.82, 2.24) is 0 Å². The highest BCUT2D eigenvalue weighted by Gasteiger charge is 2.37. The van der Waals surface area contributed by atoms with E-state index in [1.54, 1.807) is 7.11 Å². The maximum absolute atomic E-state index is 6.22. The van der Waals surface area contributed by atoms with Crippen molar-refractivity contribution in [3.05, 3.63) is 23.8 Å². The van der Waals surface area contributed by atoms with Crippen molar-refractivity contribution in [2.45, 2.75) is 51.1 Å². The number of anilines is 1. The van der Waals surface area contributed by atoms with Crippen molar-refractivity contribution in [1.29, 1.82) is 0 Å². The van der Waals surface area contributed by atoms with E-state index in [-0.39, 0.29) is 6.04 Å². The van der Waals surface area contributed by atoms with Crippen LogP contribution >= 0.6 is 0 Å². The van der Waals surface area contributed by atoms with Gasteiger partial charge in [-0.15, -0.1) is 0 Å². The SMILES string of the molecule is COc1cccc(N2CCC3CCCCC32)c1[C@H](C)N. The third-order valence-electron chi connectivity index (χ3n) is 5.04. The first kappa shape index (κ1) is 13.7. The Kier molecular flexibility index (Phi) is 3.88. The van der Waals surface area contributed by atoms with Crippen molar-refractivity contribution < 1.29 is 4.74 Å². The van der Waals surface area contributed by atoms with Crippen LogP contribution in [0.2, 0.25) is 0 Å². The fourth-order valence-electron chi connectivity index (χ4n) is 4.12. The number of ether oxygens (including phenoxy) is 1. The molecule has 0 aromatic heterocycles. The molecule has 3 rings (SSSR count). The van der Waals surface area contributed by atoms with E-state index in [0.29, 0.717) is 6.04 Å². The average Bonchev–Trinajstić information content (AvgIpc) is 2.90. The van der Waals surface area contributed by atoms with E-state index >= 15 is 0 Å². The number of methoxy groups -OCH3 is 1. The molecule has 2 aliphatic rings. The standard InChI is InChI=1S/C17H26N2O/c1-12(18)17-15(8-5-9-16(17)20-2)19-11-10-13-6-3-4-7-14(13)19/h5,8-9,12-14H,3-4,6-7,10-11,18H2,1-2H3/t12-,13?,14?/m0/s1. The zero-order chi connectivity index (χ0) is 14.1. The minimum atomic E-state index is 0.00351. The summed E-state index contributed by atoms with van der Waals surface area (Å²) in [5.41, 5.74) is 8.69. The normalized spacial score (nSPS) is 27.2. The van der Waals surface area contributed by atoms with Crippen molar-refractivity contribution in [2.75, 3.05) is 18.6 Å². The minimum absolute atomic E-state index is 0.00351. The highest BCUT2D eigenvalue weighted by Crippen LogP contribution is 2.42. The lowest BCUT2D eigenvalue weighted by molar-refractivity contribution is 0.341. The van der Waals surface area contributed by atoms with Gasteiger partial charge in [0.05, 0.1) is 7.11 Å². The van der Waals surface area contributed by atoms with Crippen LogP contribution in [0.4, 0.5) is 5.69 Å². The molecule has 1 saturated heterocycles. The van der Waals surface area contributed by atoms with E-state index in [0.717, 1.165) is 11.7 Å². The van der Waals surface area contributed by atoms with Crippen molar-refractivity contribution >= 4 is 5.69 Å². The van der Waals surface area contributed by atoms with Crippen LogP contribution in [-0.4, -0.2) is 19.7 Å². The molecule has 2 fully saturated rings. The monoisotopic (exact) mass is 274 g/mol. The molecule has 1 saturated carbocycles. The molecule has 3 atom stereocenters. The molecule has 110 valence electrons. The number of hydrogen-bond donors (Lipinski definition) is 1.